The van der Waals surface area contributed by atoms with Gasteiger partial charge in [-0.25, -0.2) is 4.79 Å². The highest BCUT2D eigenvalue weighted by molar-refractivity contribution is 5.67. The van der Waals surface area contributed by atoms with E-state index >= 15 is 0 Å². The minimum absolute atomic E-state index is 0.0567. The standard InChI is InChI=1S/C33H67N2O8/c1-7-9-11-12-13-16-23-40-27-33(18-15-14-17-22-39-21-10-8-2,28-41-24-19-34(3,4)26-32(37)38)29-42-25-20-35(5,6)30-43-31-36/h31H,7-30H2,1-6H3/q+1/p+1/t33-/m1/s1. The van der Waals surface area contributed by atoms with E-state index in [0.717, 1.165) is 64.8 Å². The molecule has 0 rings (SSSR count). The summed E-state index contributed by atoms with van der Waals surface area (Å²) in [6.07, 6.45) is 13.6. The number of nitrogens with zero attached hydrogens (tertiary/aromatic N) is 2. The second kappa shape index (κ2) is 26.0. The average Bonchev–Trinajstić information content (AvgIpc) is 2.94. The van der Waals surface area contributed by atoms with Gasteiger partial charge in [0.1, 0.15) is 13.1 Å². The van der Waals surface area contributed by atoms with Gasteiger partial charge in [0.05, 0.1) is 61.2 Å². The van der Waals surface area contributed by atoms with Gasteiger partial charge in [-0.15, -0.1) is 0 Å². The van der Waals surface area contributed by atoms with E-state index in [0.29, 0.717) is 68.3 Å². The third-order valence-electron chi connectivity index (χ3n) is 7.74. The van der Waals surface area contributed by atoms with Crippen LogP contribution in [0.15, 0.2) is 0 Å². The van der Waals surface area contributed by atoms with E-state index in [9.17, 15) is 14.7 Å². The summed E-state index contributed by atoms with van der Waals surface area (Å²) in [5.74, 6) is -0.811. The van der Waals surface area contributed by atoms with Crippen molar-refractivity contribution in [1.82, 2.24) is 0 Å². The highest BCUT2D eigenvalue weighted by Crippen LogP contribution is 2.28. The zero-order valence-corrected chi connectivity index (χ0v) is 28.7. The molecule has 0 aliphatic heterocycles. The summed E-state index contributed by atoms with van der Waals surface area (Å²) in [7, 11) is 7.84. The zero-order chi connectivity index (χ0) is 32.3. The first-order valence-corrected chi connectivity index (χ1v) is 16.7. The lowest BCUT2D eigenvalue weighted by Gasteiger charge is -2.35. The first kappa shape index (κ1) is 41.7. The normalized spacial score (nSPS) is 13.6. The Balaban J connectivity index is 5.26. The lowest BCUT2D eigenvalue weighted by molar-refractivity contribution is -0.907. The number of likely N-dealkylation sites (N-methyl/N-ethyl adjacent to an activating group) is 2. The molecule has 10 heteroatoms. The molecule has 0 aliphatic carbocycles. The molecular weight excluding hydrogens is 552 g/mol. The topological polar surface area (TPSA) is 101 Å². The Labute approximate surface area is 263 Å². The molecule has 1 atom stereocenters. The van der Waals surface area contributed by atoms with E-state index in [1.807, 2.05) is 28.2 Å². The quantitative estimate of drug-likeness (QED) is 0.0467. The van der Waals surface area contributed by atoms with E-state index in [2.05, 4.69) is 13.8 Å². The number of aliphatic carboxylic acids is 1. The molecule has 1 N–H and O–H groups in total. The third kappa shape index (κ3) is 25.7. The number of carboxylic acid groups (broad SMARTS) is 1. The zero-order valence-electron chi connectivity index (χ0n) is 28.7. The van der Waals surface area contributed by atoms with Gasteiger partial charge in [-0.05, 0) is 25.7 Å². The van der Waals surface area contributed by atoms with Gasteiger partial charge >= 0.3 is 5.97 Å². The van der Waals surface area contributed by atoms with Crippen LogP contribution in [0, 0.1) is 5.41 Å². The summed E-state index contributed by atoms with van der Waals surface area (Å²) in [6.45, 7) is 11.5. The number of rotatable bonds is 33. The van der Waals surface area contributed by atoms with E-state index in [1.165, 1.54) is 32.1 Å². The van der Waals surface area contributed by atoms with Gasteiger partial charge in [0.25, 0.3) is 6.47 Å². The summed E-state index contributed by atoms with van der Waals surface area (Å²) in [5.41, 5.74) is -0.300. The fourth-order valence-corrected chi connectivity index (χ4v) is 4.79. The van der Waals surface area contributed by atoms with Crippen molar-refractivity contribution in [2.75, 3.05) is 107 Å². The van der Waals surface area contributed by atoms with E-state index < -0.39 is 5.97 Å². The molecule has 0 saturated heterocycles. The maximum atomic E-state index is 11.2. The van der Waals surface area contributed by atoms with Gasteiger partial charge in [-0.3, -0.25) is 9.28 Å². The minimum Gasteiger partial charge on any atom is -0.477 e. The lowest BCUT2D eigenvalue weighted by Crippen LogP contribution is -2.47. The molecule has 0 aromatic carbocycles. The first-order chi connectivity index (χ1) is 20.5. The Hall–Kier alpha value is -1.30. The molecule has 0 aromatic heterocycles. The van der Waals surface area contributed by atoms with Crippen molar-refractivity contribution < 1.29 is 47.3 Å². The second-order valence-electron chi connectivity index (χ2n) is 13.5. The van der Waals surface area contributed by atoms with Crippen molar-refractivity contribution in [3.8, 4) is 0 Å². The van der Waals surface area contributed by atoms with Gasteiger partial charge in [0.15, 0.2) is 6.54 Å². The molecule has 0 radical (unpaired) electrons. The molecule has 0 saturated carbocycles. The number of carboxylic acids is 1. The van der Waals surface area contributed by atoms with Crippen LogP contribution in [0.3, 0.4) is 0 Å². The summed E-state index contributed by atoms with van der Waals surface area (Å²) >= 11 is 0. The number of hydrogen-bond acceptors (Lipinski definition) is 7. The predicted octanol–water partition coefficient (Wildman–Crippen LogP) is 5.13. The van der Waals surface area contributed by atoms with Crippen LogP contribution < -0.4 is 0 Å². The van der Waals surface area contributed by atoms with Crippen molar-refractivity contribution in [2.24, 2.45) is 5.41 Å². The van der Waals surface area contributed by atoms with Crippen LogP contribution in [0.4, 0.5) is 0 Å². The van der Waals surface area contributed by atoms with E-state index in [1.54, 1.807) is 0 Å². The van der Waals surface area contributed by atoms with Crippen molar-refractivity contribution in [3.63, 3.8) is 0 Å². The molecule has 0 amide bonds. The molecule has 0 aliphatic rings. The van der Waals surface area contributed by atoms with Crippen molar-refractivity contribution in [2.45, 2.75) is 90.9 Å². The third-order valence-corrected chi connectivity index (χ3v) is 7.74. The monoisotopic (exact) mass is 620 g/mol. The molecular formula is C33H68N2O8+2. The highest BCUT2D eigenvalue weighted by Gasteiger charge is 2.32. The Bertz CT molecular complexity index is 655. The van der Waals surface area contributed by atoms with Crippen LogP contribution in [0.5, 0.6) is 0 Å². The molecule has 0 heterocycles. The van der Waals surface area contributed by atoms with Crippen molar-refractivity contribution in [3.05, 3.63) is 0 Å². The van der Waals surface area contributed by atoms with Crippen LogP contribution in [0.25, 0.3) is 0 Å². The summed E-state index contributed by atoms with van der Waals surface area (Å²) in [6, 6.07) is 0. The lowest BCUT2D eigenvalue weighted by atomic mass is 9.84. The smallest absolute Gasteiger partial charge is 0.359 e. The van der Waals surface area contributed by atoms with E-state index in [4.69, 9.17) is 23.7 Å². The van der Waals surface area contributed by atoms with Gasteiger partial charge < -0.3 is 33.3 Å². The molecule has 0 aromatic rings. The number of carbonyl (C=O) groups is 2. The largest absolute Gasteiger partial charge is 0.477 e. The number of hydrogen-bond donors (Lipinski definition) is 1. The van der Waals surface area contributed by atoms with Crippen LogP contribution in [0.2, 0.25) is 0 Å². The molecule has 256 valence electrons. The fraction of sp³-hybridized carbons (Fsp3) is 0.939. The van der Waals surface area contributed by atoms with Gasteiger partial charge in [-0.2, -0.15) is 0 Å². The van der Waals surface area contributed by atoms with E-state index in [-0.39, 0.29) is 12.0 Å². The van der Waals surface area contributed by atoms with Crippen LogP contribution >= 0.6 is 0 Å². The van der Waals surface area contributed by atoms with Crippen LogP contribution in [0.1, 0.15) is 90.9 Å². The number of quaternary nitrogens is 2. The Morgan fingerprint density at radius 2 is 1.14 bits per heavy atom. The predicted molar refractivity (Wildman–Crippen MR) is 171 cm³/mol. The van der Waals surface area contributed by atoms with Gasteiger partial charge in [0, 0.05) is 25.2 Å². The number of unbranched alkanes of at least 4 members (excludes halogenated alkanes) is 8. The molecule has 10 nitrogen and oxygen atoms in total. The van der Waals surface area contributed by atoms with Crippen LogP contribution in [-0.2, 0) is 33.3 Å². The van der Waals surface area contributed by atoms with Crippen molar-refractivity contribution in [1.29, 1.82) is 0 Å². The highest BCUT2D eigenvalue weighted by atomic mass is 16.5. The molecule has 0 spiro atoms. The number of carbonyl (C=O) groups excluding carboxylic acids is 1. The van der Waals surface area contributed by atoms with Crippen molar-refractivity contribution >= 4 is 12.4 Å². The summed E-state index contributed by atoms with van der Waals surface area (Å²) in [5, 5.41) is 9.24. The molecule has 0 bridgehead atoms. The summed E-state index contributed by atoms with van der Waals surface area (Å²) in [4.78, 5) is 21.9. The Morgan fingerprint density at radius 1 is 0.651 bits per heavy atom. The van der Waals surface area contributed by atoms with Crippen LogP contribution in [-0.4, -0.2) is 134 Å². The fourth-order valence-electron chi connectivity index (χ4n) is 4.79. The van der Waals surface area contributed by atoms with Gasteiger partial charge in [-0.1, -0.05) is 65.2 Å². The number of ether oxygens (including phenoxy) is 5. The molecule has 0 unspecified atom stereocenters. The van der Waals surface area contributed by atoms with Gasteiger partial charge in [0.2, 0.25) is 6.73 Å². The Morgan fingerprint density at radius 3 is 1.72 bits per heavy atom. The maximum Gasteiger partial charge on any atom is 0.359 e. The summed E-state index contributed by atoms with van der Waals surface area (Å²) < 4.78 is 30.5. The first-order valence-electron chi connectivity index (χ1n) is 16.7. The minimum atomic E-state index is -0.811. The molecule has 0 fully saturated rings. The SMILES string of the molecule is CCCCCCCCOC[C@@](CCCCCOCCCC)(COCC[N+](C)(C)COC=O)COCC[N+](C)(C)CC(=O)O. The Kier molecular flexibility index (Phi) is 25.2. The second-order valence-corrected chi connectivity index (χ2v) is 13.5. The molecule has 43 heavy (non-hydrogen) atoms. The average molecular weight is 621 g/mol. The maximum absolute atomic E-state index is 11.2.